The summed E-state index contributed by atoms with van der Waals surface area (Å²) in [6, 6.07) is 1.01. The molecule has 0 aromatic heterocycles. The predicted molar refractivity (Wildman–Crippen MR) is 46.3 cm³/mol. The van der Waals surface area contributed by atoms with Crippen LogP contribution in [0.1, 0.15) is 39.0 Å². The zero-order valence-electron chi connectivity index (χ0n) is 7.55. The molecule has 0 bridgehead atoms. The number of quaternary nitrogens is 1. The summed E-state index contributed by atoms with van der Waals surface area (Å²) in [5.41, 5.74) is 0. The molecule has 64 valence electrons. The van der Waals surface area contributed by atoms with Crippen molar-refractivity contribution in [3.8, 4) is 0 Å². The van der Waals surface area contributed by atoms with Gasteiger partial charge in [0.2, 0.25) is 0 Å². The first-order chi connectivity index (χ1) is 5.38. The van der Waals surface area contributed by atoms with Gasteiger partial charge in [0.05, 0.1) is 12.6 Å². The number of hydrogen-bond donors (Lipinski definition) is 1. The lowest BCUT2D eigenvalue weighted by atomic mass is 9.74. The van der Waals surface area contributed by atoms with E-state index < -0.39 is 0 Å². The highest BCUT2D eigenvalue weighted by Crippen LogP contribution is 2.31. The Bertz CT molecular complexity index is 131. The molecular formula is C10H20N+. The van der Waals surface area contributed by atoms with Crippen molar-refractivity contribution in [3.63, 3.8) is 0 Å². The zero-order chi connectivity index (χ0) is 7.68. The zero-order valence-corrected chi connectivity index (χ0v) is 7.55. The lowest BCUT2D eigenvalue weighted by Gasteiger charge is -2.37. The fourth-order valence-electron chi connectivity index (χ4n) is 2.97. The standard InChI is InChI=1S/C10H19N/c1-8-6-7-11-10-5-3-2-4-9(8)10/h8-11H,2-7H2,1H3/p+1/t8-,9-,10-/m0/s1. The van der Waals surface area contributed by atoms with Crippen LogP contribution in [0.3, 0.4) is 0 Å². The molecule has 1 nitrogen and oxygen atoms in total. The summed E-state index contributed by atoms with van der Waals surface area (Å²) in [7, 11) is 0. The average molecular weight is 154 g/mol. The van der Waals surface area contributed by atoms with Gasteiger partial charge in [0.1, 0.15) is 0 Å². The van der Waals surface area contributed by atoms with E-state index in [1.54, 1.807) is 0 Å². The van der Waals surface area contributed by atoms with E-state index in [0.717, 1.165) is 17.9 Å². The SMILES string of the molecule is C[C@H]1CC[NH2+][C@H]2CCCC[C@H]21. The summed E-state index contributed by atoms with van der Waals surface area (Å²) in [6.07, 6.45) is 7.46. The van der Waals surface area contributed by atoms with Crippen LogP contribution >= 0.6 is 0 Å². The van der Waals surface area contributed by atoms with Crippen LogP contribution in [-0.2, 0) is 0 Å². The fourth-order valence-corrected chi connectivity index (χ4v) is 2.97. The number of fused-ring (bicyclic) bond motifs is 1. The molecule has 0 aromatic carbocycles. The molecule has 2 rings (SSSR count). The first-order valence-electron chi connectivity index (χ1n) is 5.21. The Labute approximate surface area is 69.6 Å². The van der Waals surface area contributed by atoms with Crippen LogP contribution < -0.4 is 5.32 Å². The van der Waals surface area contributed by atoms with Crippen molar-refractivity contribution in [2.24, 2.45) is 11.8 Å². The van der Waals surface area contributed by atoms with Crippen LogP contribution in [-0.4, -0.2) is 12.6 Å². The third kappa shape index (κ3) is 1.44. The van der Waals surface area contributed by atoms with Crippen molar-refractivity contribution in [1.82, 2.24) is 0 Å². The van der Waals surface area contributed by atoms with E-state index in [1.165, 1.54) is 38.6 Å². The molecule has 1 saturated carbocycles. The van der Waals surface area contributed by atoms with Crippen LogP contribution in [0.2, 0.25) is 0 Å². The molecule has 1 saturated heterocycles. The molecule has 0 spiro atoms. The second kappa shape index (κ2) is 3.14. The summed E-state index contributed by atoms with van der Waals surface area (Å²) in [6.45, 7) is 3.85. The smallest absolute Gasteiger partial charge is 0.0890 e. The Morgan fingerprint density at radius 3 is 2.73 bits per heavy atom. The van der Waals surface area contributed by atoms with E-state index in [1.807, 2.05) is 0 Å². The summed E-state index contributed by atoms with van der Waals surface area (Å²) in [4.78, 5) is 0. The maximum absolute atomic E-state index is 2.60. The van der Waals surface area contributed by atoms with Gasteiger partial charge in [0, 0.05) is 5.92 Å². The van der Waals surface area contributed by atoms with Crippen molar-refractivity contribution in [2.45, 2.75) is 45.1 Å². The minimum absolute atomic E-state index is 1.01. The summed E-state index contributed by atoms with van der Waals surface area (Å²) >= 11 is 0. The van der Waals surface area contributed by atoms with Gasteiger partial charge in [0.25, 0.3) is 0 Å². The normalized spacial score (nSPS) is 45.0. The maximum atomic E-state index is 2.60. The molecule has 0 unspecified atom stereocenters. The van der Waals surface area contributed by atoms with Gasteiger partial charge in [-0.2, -0.15) is 0 Å². The molecule has 2 fully saturated rings. The number of piperidine rings is 1. The minimum atomic E-state index is 1.01. The molecule has 2 N–H and O–H groups in total. The minimum Gasteiger partial charge on any atom is -0.344 e. The van der Waals surface area contributed by atoms with Gasteiger partial charge in [-0.05, 0) is 31.6 Å². The molecule has 1 heterocycles. The van der Waals surface area contributed by atoms with Gasteiger partial charge in [-0.1, -0.05) is 13.3 Å². The van der Waals surface area contributed by atoms with Crippen molar-refractivity contribution in [3.05, 3.63) is 0 Å². The topological polar surface area (TPSA) is 16.6 Å². The van der Waals surface area contributed by atoms with Gasteiger partial charge in [-0.25, -0.2) is 0 Å². The molecule has 11 heavy (non-hydrogen) atoms. The summed E-state index contributed by atoms with van der Waals surface area (Å²) < 4.78 is 0. The van der Waals surface area contributed by atoms with Crippen molar-refractivity contribution < 1.29 is 5.32 Å². The predicted octanol–water partition coefficient (Wildman–Crippen LogP) is 1.15. The van der Waals surface area contributed by atoms with E-state index in [0.29, 0.717) is 0 Å². The van der Waals surface area contributed by atoms with E-state index >= 15 is 0 Å². The molecule has 0 amide bonds. The first kappa shape index (κ1) is 7.60. The Balaban J connectivity index is 1.99. The molecule has 1 heteroatoms. The third-order valence-corrected chi connectivity index (χ3v) is 3.70. The molecule has 1 aliphatic heterocycles. The highest BCUT2D eigenvalue weighted by Gasteiger charge is 2.34. The Kier molecular flexibility index (Phi) is 2.17. The van der Waals surface area contributed by atoms with Crippen molar-refractivity contribution in [1.29, 1.82) is 0 Å². The van der Waals surface area contributed by atoms with Crippen molar-refractivity contribution in [2.75, 3.05) is 6.54 Å². The maximum Gasteiger partial charge on any atom is 0.0890 e. The molecule has 3 atom stereocenters. The van der Waals surface area contributed by atoms with E-state index in [4.69, 9.17) is 0 Å². The monoisotopic (exact) mass is 154 g/mol. The fraction of sp³-hybridized carbons (Fsp3) is 1.00. The van der Waals surface area contributed by atoms with E-state index in [-0.39, 0.29) is 0 Å². The Morgan fingerprint density at radius 1 is 1.09 bits per heavy atom. The van der Waals surface area contributed by atoms with E-state index in [2.05, 4.69) is 12.2 Å². The van der Waals surface area contributed by atoms with E-state index in [9.17, 15) is 0 Å². The number of rotatable bonds is 0. The van der Waals surface area contributed by atoms with Gasteiger partial charge < -0.3 is 5.32 Å². The lowest BCUT2D eigenvalue weighted by Crippen LogP contribution is -2.94. The van der Waals surface area contributed by atoms with Crippen LogP contribution in [0.15, 0.2) is 0 Å². The second-order valence-electron chi connectivity index (χ2n) is 4.40. The first-order valence-corrected chi connectivity index (χ1v) is 5.21. The van der Waals surface area contributed by atoms with Crippen LogP contribution in [0.4, 0.5) is 0 Å². The highest BCUT2D eigenvalue weighted by molar-refractivity contribution is 4.80. The molecule has 2 aliphatic rings. The van der Waals surface area contributed by atoms with Gasteiger partial charge in [-0.3, -0.25) is 0 Å². The number of hydrogen-bond acceptors (Lipinski definition) is 0. The van der Waals surface area contributed by atoms with Gasteiger partial charge in [0.15, 0.2) is 0 Å². The second-order valence-corrected chi connectivity index (χ2v) is 4.40. The molecule has 1 aliphatic carbocycles. The summed E-state index contributed by atoms with van der Waals surface area (Å²) in [5, 5.41) is 2.60. The third-order valence-electron chi connectivity index (χ3n) is 3.70. The summed E-state index contributed by atoms with van der Waals surface area (Å²) in [5.74, 6) is 2.09. The molecular weight excluding hydrogens is 134 g/mol. The molecule has 0 aromatic rings. The van der Waals surface area contributed by atoms with Crippen molar-refractivity contribution >= 4 is 0 Å². The van der Waals surface area contributed by atoms with Crippen LogP contribution in [0, 0.1) is 11.8 Å². The van der Waals surface area contributed by atoms with Gasteiger partial charge in [-0.15, -0.1) is 0 Å². The quantitative estimate of drug-likeness (QED) is 0.539. The van der Waals surface area contributed by atoms with Gasteiger partial charge >= 0.3 is 0 Å². The highest BCUT2D eigenvalue weighted by atomic mass is 14.9. The Hall–Kier alpha value is -0.0400. The largest absolute Gasteiger partial charge is 0.344 e. The van der Waals surface area contributed by atoms with Crippen LogP contribution in [0.5, 0.6) is 0 Å². The average Bonchev–Trinajstić information content (AvgIpc) is 2.06. The Morgan fingerprint density at radius 2 is 1.91 bits per heavy atom. The number of nitrogens with two attached hydrogens (primary N) is 1. The van der Waals surface area contributed by atoms with Crippen LogP contribution in [0.25, 0.3) is 0 Å². The molecule has 0 radical (unpaired) electrons. The lowest BCUT2D eigenvalue weighted by molar-refractivity contribution is -0.709.